The molecule has 2 atom stereocenters. The number of nitrogens with zero attached hydrogens (tertiary/aromatic N) is 4. The highest BCUT2D eigenvalue weighted by atomic mass is 35.5. The maximum atomic E-state index is 14.1. The van der Waals surface area contributed by atoms with Crippen LogP contribution in [0.15, 0.2) is 72.7 Å². The van der Waals surface area contributed by atoms with Gasteiger partial charge in [-0.1, -0.05) is 54.9 Å². The van der Waals surface area contributed by atoms with Crippen LogP contribution in [0.3, 0.4) is 0 Å². The molecule has 8 nitrogen and oxygen atoms in total. The summed E-state index contributed by atoms with van der Waals surface area (Å²) in [6.45, 7) is 3.90. The molecule has 0 amide bonds. The van der Waals surface area contributed by atoms with Gasteiger partial charge in [-0.3, -0.25) is 9.99 Å². The van der Waals surface area contributed by atoms with Gasteiger partial charge in [0.25, 0.3) is 0 Å². The number of hydrazine groups is 2. The fourth-order valence-corrected chi connectivity index (χ4v) is 5.88. The zero-order valence-corrected chi connectivity index (χ0v) is 24.4. The van der Waals surface area contributed by atoms with Gasteiger partial charge in [0.1, 0.15) is 13.9 Å². The van der Waals surface area contributed by atoms with Crippen molar-refractivity contribution in [3.8, 4) is 6.07 Å². The molecule has 0 saturated heterocycles. The first-order chi connectivity index (χ1) is 20.3. The minimum absolute atomic E-state index is 0.0233. The molecule has 0 spiro atoms. The smallest absolute Gasteiger partial charge is 0.213 e. The van der Waals surface area contributed by atoms with E-state index >= 15 is 0 Å². The van der Waals surface area contributed by atoms with Crippen LogP contribution >= 0.6 is 11.6 Å². The van der Waals surface area contributed by atoms with Crippen molar-refractivity contribution in [1.29, 1.82) is 5.26 Å². The Morgan fingerprint density at radius 1 is 1.24 bits per heavy atom. The van der Waals surface area contributed by atoms with E-state index in [2.05, 4.69) is 61.7 Å². The number of aryl methyl sites for hydroxylation is 1. The number of aromatic nitrogens is 2. The summed E-state index contributed by atoms with van der Waals surface area (Å²) < 4.78 is 14.1. The molecule has 0 unspecified atom stereocenters. The van der Waals surface area contributed by atoms with Gasteiger partial charge in [0.2, 0.25) is 5.95 Å². The van der Waals surface area contributed by atoms with E-state index in [0.29, 0.717) is 39.2 Å². The lowest BCUT2D eigenvalue weighted by molar-refractivity contribution is 0.260. The van der Waals surface area contributed by atoms with E-state index in [-0.39, 0.29) is 6.04 Å². The Morgan fingerprint density at radius 3 is 2.71 bits per heavy atom. The summed E-state index contributed by atoms with van der Waals surface area (Å²) in [5.41, 5.74) is 11.4. The fraction of sp³-hybridized carbons (Fsp3) is 0.258. The number of rotatable bonds is 9. The average molecular weight is 581 g/mol. The number of hydrogen-bond acceptors (Lipinski definition) is 8. The number of anilines is 2. The molecule has 4 aromatic rings. The van der Waals surface area contributed by atoms with Gasteiger partial charge in [-0.15, -0.1) is 5.53 Å². The van der Waals surface area contributed by atoms with E-state index in [1.807, 2.05) is 44.4 Å². The molecule has 42 heavy (non-hydrogen) atoms. The normalized spacial score (nSPS) is 16.7. The molecule has 3 heterocycles. The van der Waals surface area contributed by atoms with Crippen molar-refractivity contribution in [2.24, 2.45) is 0 Å². The second-order valence-electron chi connectivity index (χ2n) is 11.0. The van der Waals surface area contributed by atoms with Crippen molar-refractivity contribution in [2.75, 3.05) is 10.6 Å². The minimum Gasteiger partial charge on any atom is -0.378 e. The number of fused-ring (bicyclic) bond motifs is 1. The lowest BCUT2D eigenvalue weighted by Gasteiger charge is -2.35. The quantitative estimate of drug-likeness (QED) is 0.154. The van der Waals surface area contributed by atoms with Crippen molar-refractivity contribution in [3.63, 3.8) is 0 Å². The zero-order valence-electron chi connectivity index (χ0n) is 23.7. The van der Waals surface area contributed by atoms with E-state index in [1.165, 1.54) is 6.07 Å². The lowest BCUT2D eigenvalue weighted by atomic mass is 9.69. The highest BCUT2D eigenvalue weighted by Crippen LogP contribution is 2.39. The van der Waals surface area contributed by atoms with E-state index in [1.54, 1.807) is 19.2 Å². The monoisotopic (exact) mass is 580 g/mol. The van der Waals surface area contributed by atoms with E-state index in [4.69, 9.17) is 11.6 Å². The molecule has 2 aromatic carbocycles. The van der Waals surface area contributed by atoms with Gasteiger partial charge in [0, 0.05) is 35.2 Å². The van der Waals surface area contributed by atoms with Crippen LogP contribution in [0.25, 0.3) is 10.9 Å². The summed E-state index contributed by atoms with van der Waals surface area (Å²) in [6, 6.07) is 19.8. The Hall–Kier alpha value is -4.33. The number of benzene rings is 2. The molecular formula is C31H31BClFN8. The minimum atomic E-state index is -0.845. The first-order valence-corrected chi connectivity index (χ1v) is 14.5. The molecule has 212 valence electrons. The van der Waals surface area contributed by atoms with Gasteiger partial charge < -0.3 is 16.1 Å². The van der Waals surface area contributed by atoms with Crippen molar-refractivity contribution >= 4 is 41.7 Å². The molecular weight excluding hydrogens is 550 g/mol. The zero-order chi connectivity index (χ0) is 29.4. The van der Waals surface area contributed by atoms with Crippen LogP contribution in [0.4, 0.5) is 15.8 Å². The van der Waals surface area contributed by atoms with Gasteiger partial charge in [-0.05, 0) is 55.5 Å². The number of nitriles is 1. The SMILES string of the molecule is B[C@@](Nc1cc(Cl)c2ncc(C#N)c(N[C@H](CC)c3ccccc3)c2c1)(C1=CN(C2CC2)NN1)c1ccc(F)nc1C. The van der Waals surface area contributed by atoms with Gasteiger partial charge in [0.05, 0.1) is 39.0 Å². The van der Waals surface area contributed by atoms with Crippen LogP contribution in [-0.4, -0.2) is 28.9 Å². The number of halogens is 2. The Bertz CT molecular complexity index is 1720. The molecule has 11 heteroatoms. The predicted molar refractivity (Wildman–Crippen MR) is 167 cm³/mol. The van der Waals surface area contributed by atoms with Crippen LogP contribution in [-0.2, 0) is 5.44 Å². The Labute approximate surface area is 250 Å². The highest BCUT2D eigenvalue weighted by Gasteiger charge is 2.39. The summed E-state index contributed by atoms with van der Waals surface area (Å²) in [5, 5.41) is 20.5. The Kier molecular flexibility index (Phi) is 7.39. The van der Waals surface area contributed by atoms with Crippen LogP contribution in [0.1, 0.15) is 54.6 Å². The van der Waals surface area contributed by atoms with Gasteiger partial charge in [0.15, 0.2) is 0 Å². The molecule has 1 fully saturated rings. The summed E-state index contributed by atoms with van der Waals surface area (Å²) in [4.78, 5) is 8.65. The van der Waals surface area contributed by atoms with E-state index in [9.17, 15) is 9.65 Å². The summed E-state index contributed by atoms with van der Waals surface area (Å²) in [6.07, 6.45) is 6.65. The number of hydrogen-bond donors (Lipinski definition) is 4. The molecule has 0 bridgehead atoms. The lowest BCUT2D eigenvalue weighted by Crippen LogP contribution is -2.46. The molecule has 1 aliphatic heterocycles. The molecule has 6 rings (SSSR count). The van der Waals surface area contributed by atoms with E-state index in [0.717, 1.165) is 41.5 Å². The standard InChI is InChI=1S/C31H31BClFN8/c1-3-26(19-7-5-4-6-8-19)38-29-20(15-35)16-36-30-23(29)13-21(14-25(30)33)39-31(32,24-11-12-28(34)37-18(24)2)27-17-42(41-40-27)22-9-10-22/h4-8,11-14,16-17,22,26,39-41H,3,9-10,32H2,1-2H3,(H,36,38)/t26-,31+/m1/s1. The molecule has 2 aliphatic rings. The predicted octanol–water partition coefficient (Wildman–Crippen LogP) is 5.39. The summed E-state index contributed by atoms with van der Waals surface area (Å²) >= 11 is 6.85. The van der Waals surface area contributed by atoms with Crippen molar-refractivity contribution in [1.82, 2.24) is 25.9 Å². The summed E-state index contributed by atoms with van der Waals surface area (Å²) in [5.74, 6) is -0.534. The van der Waals surface area contributed by atoms with Gasteiger partial charge in [-0.25, -0.2) is 4.98 Å². The van der Waals surface area contributed by atoms with Crippen LogP contribution < -0.4 is 21.6 Å². The molecule has 4 N–H and O–H groups in total. The second kappa shape index (κ2) is 11.2. The van der Waals surface area contributed by atoms with Crippen molar-refractivity contribution < 1.29 is 4.39 Å². The molecule has 0 radical (unpaired) electrons. The topological polar surface area (TPSA) is 101 Å². The largest absolute Gasteiger partial charge is 0.378 e. The number of nitrogens with one attached hydrogen (secondary N) is 4. The maximum Gasteiger partial charge on any atom is 0.213 e. The third kappa shape index (κ3) is 5.22. The Morgan fingerprint density at radius 2 is 2.02 bits per heavy atom. The van der Waals surface area contributed by atoms with Crippen LogP contribution in [0, 0.1) is 24.2 Å². The van der Waals surface area contributed by atoms with Gasteiger partial charge >= 0.3 is 0 Å². The average Bonchev–Trinajstić information content (AvgIpc) is 3.71. The Balaban J connectivity index is 1.46. The third-order valence-electron chi connectivity index (χ3n) is 8.03. The van der Waals surface area contributed by atoms with Crippen molar-refractivity contribution in [3.05, 3.63) is 106 Å². The second-order valence-corrected chi connectivity index (χ2v) is 11.4. The van der Waals surface area contributed by atoms with Crippen LogP contribution in [0.2, 0.25) is 5.02 Å². The summed E-state index contributed by atoms with van der Waals surface area (Å²) in [7, 11) is 2.02. The number of pyridine rings is 2. The third-order valence-corrected chi connectivity index (χ3v) is 8.31. The van der Waals surface area contributed by atoms with E-state index < -0.39 is 11.4 Å². The maximum absolute atomic E-state index is 14.1. The fourth-order valence-electron chi connectivity index (χ4n) is 5.61. The molecule has 1 saturated carbocycles. The first kappa shape index (κ1) is 27.8. The molecule has 2 aromatic heterocycles. The van der Waals surface area contributed by atoms with Crippen LogP contribution in [0.5, 0.6) is 0 Å². The van der Waals surface area contributed by atoms with Gasteiger partial charge in [-0.2, -0.15) is 9.65 Å². The highest BCUT2D eigenvalue weighted by molar-refractivity contribution is 6.36. The van der Waals surface area contributed by atoms with Crippen molar-refractivity contribution in [2.45, 2.75) is 50.6 Å². The first-order valence-electron chi connectivity index (χ1n) is 14.1. The molecule has 1 aliphatic carbocycles.